The Balaban J connectivity index is 1.70. The van der Waals surface area contributed by atoms with Gasteiger partial charge in [-0.15, -0.1) is 0 Å². The highest BCUT2D eigenvalue weighted by Crippen LogP contribution is 2.39. The summed E-state index contributed by atoms with van der Waals surface area (Å²) in [7, 11) is -2.50. The lowest BCUT2D eigenvalue weighted by molar-refractivity contribution is 0.0988. The van der Waals surface area contributed by atoms with E-state index in [2.05, 4.69) is 4.72 Å². The van der Waals surface area contributed by atoms with Crippen molar-refractivity contribution in [2.75, 3.05) is 23.3 Å². The minimum atomic E-state index is -3.94. The molecule has 0 saturated heterocycles. The van der Waals surface area contributed by atoms with Crippen LogP contribution in [-0.4, -0.2) is 28.0 Å². The SMILES string of the molecule is CCN1C(=O)c2cc(NS(=O)(=O)c3ccc(OC)c(Cl)c3)ccc2Oc2ccccc21. The monoisotopic (exact) mass is 458 g/mol. The summed E-state index contributed by atoms with van der Waals surface area (Å²) in [5.41, 5.74) is 1.14. The molecule has 0 aliphatic carbocycles. The van der Waals surface area contributed by atoms with Crippen LogP contribution in [0, 0.1) is 0 Å². The van der Waals surface area contributed by atoms with Crippen molar-refractivity contribution in [3.05, 3.63) is 71.2 Å². The average molecular weight is 459 g/mol. The van der Waals surface area contributed by atoms with Crippen molar-refractivity contribution >= 4 is 38.9 Å². The number of fused-ring (bicyclic) bond motifs is 2. The molecule has 1 amide bonds. The summed E-state index contributed by atoms with van der Waals surface area (Å²) < 4.78 is 39.2. The van der Waals surface area contributed by atoms with E-state index in [0.29, 0.717) is 29.5 Å². The first-order valence-corrected chi connectivity index (χ1v) is 11.3. The maximum Gasteiger partial charge on any atom is 0.262 e. The number of para-hydroxylation sites is 2. The minimum Gasteiger partial charge on any atom is -0.495 e. The van der Waals surface area contributed by atoms with Gasteiger partial charge in [0.15, 0.2) is 5.75 Å². The van der Waals surface area contributed by atoms with Crippen LogP contribution in [0.5, 0.6) is 17.2 Å². The molecule has 0 atom stereocenters. The third-order valence-electron chi connectivity index (χ3n) is 4.83. The van der Waals surface area contributed by atoms with Crippen LogP contribution in [0.2, 0.25) is 5.02 Å². The highest BCUT2D eigenvalue weighted by molar-refractivity contribution is 7.92. The third kappa shape index (κ3) is 3.92. The maximum absolute atomic E-state index is 13.2. The summed E-state index contributed by atoms with van der Waals surface area (Å²) in [6.45, 7) is 2.29. The highest BCUT2D eigenvalue weighted by atomic mass is 35.5. The number of rotatable bonds is 5. The van der Waals surface area contributed by atoms with Gasteiger partial charge in [-0.2, -0.15) is 0 Å². The number of benzene rings is 3. The van der Waals surface area contributed by atoms with Crippen molar-refractivity contribution in [1.29, 1.82) is 0 Å². The van der Waals surface area contributed by atoms with Crippen molar-refractivity contribution in [3.63, 3.8) is 0 Å². The Morgan fingerprint density at radius 3 is 2.55 bits per heavy atom. The second-order valence-corrected chi connectivity index (χ2v) is 8.82. The third-order valence-corrected chi connectivity index (χ3v) is 6.51. The van der Waals surface area contributed by atoms with Gasteiger partial charge in [0.1, 0.15) is 11.5 Å². The maximum atomic E-state index is 13.2. The minimum absolute atomic E-state index is 0.0293. The van der Waals surface area contributed by atoms with Crippen LogP contribution in [0.1, 0.15) is 17.3 Å². The summed E-state index contributed by atoms with van der Waals surface area (Å²) in [5.74, 6) is 0.991. The van der Waals surface area contributed by atoms with Gasteiger partial charge in [0.2, 0.25) is 0 Å². The van der Waals surface area contributed by atoms with Gasteiger partial charge in [-0.05, 0) is 55.5 Å². The number of carbonyl (C=O) groups is 1. The zero-order valence-corrected chi connectivity index (χ0v) is 18.3. The predicted molar refractivity (Wildman–Crippen MR) is 119 cm³/mol. The number of carbonyl (C=O) groups excluding carboxylic acids is 1. The highest BCUT2D eigenvalue weighted by Gasteiger charge is 2.28. The predicted octanol–water partition coefficient (Wildman–Crippen LogP) is 4.92. The number of hydrogen-bond donors (Lipinski definition) is 1. The lowest BCUT2D eigenvalue weighted by Crippen LogP contribution is -2.29. The fourth-order valence-electron chi connectivity index (χ4n) is 3.33. The van der Waals surface area contributed by atoms with Crippen molar-refractivity contribution in [3.8, 4) is 17.2 Å². The molecular weight excluding hydrogens is 440 g/mol. The molecule has 4 rings (SSSR count). The molecule has 0 bridgehead atoms. The van der Waals surface area contributed by atoms with Crippen LogP contribution in [-0.2, 0) is 10.0 Å². The molecule has 9 heteroatoms. The molecule has 1 N–H and O–H groups in total. The number of hydrogen-bond acceptors (Lipinski definition) is 5. The number of methoxy groups -OCH3 is 1. The van der Waals surface area contributed by atoms with Crippen LogP contribution in [0.25, 0.3) is 0 Å². The second-order valence-electron chi connectivity index (χ2n) is 6.73. The Labute approximate surface area is 185 Å². The van der Waals surface area contributed by atoms with Gasteiger partial charge in [0.05, 0.1) is 28.3 Å². The first-order chi connectivity index (χ1) is 14.8. The molecule has 3 aromatic rings. The van der Waals surface area contributed by atoms with Gasteiger partial charge < -0.3 is 14.4 Å². The molecule has 1 aliphatic heterocycles. The van der Waals surface area contributed by atoms with E-state index in [-0.39, 0.29) is 27.1 Å². The molecule has 3 aromatic carbocycles. The average Bonchev–Trinajstić information content (AvgIpc) is 2.87. The van der Waals surface area contributed by atoms with E-state index in [4.69, 9.17) is 21.1 Å². The van der Waals surface area contributed by atoms with Gasteiger partial charge in [-0.1, -0.05) is 23.7 Å². The van der Waals surface area contributed by atoms with Crippen molar-refractivity contribution in [2.45, 2.75) is 11.8 Å². The van der Waals surface area contributed by atoms with Crippen LogP contribution in [0.15, 0.2) is 65.6 Å². The van der Waals surface area contributed by atoms with Crippen molar-refractivity contribution < 1.29 is 22.7 Å². The molecule has 7 nitrogen and oxygen atoms in total. The van der Waals surface area contributed by atoms with E-state index in [1.807, 2.05) is 19.1 Å². The number of nitrogens with zero attached hydrogens (tertiary/aromatic N) is 1. The molecule has 0 unspecified atom stereocenters. The Morgan fingerprint density at radius 1 is 1.06 bits per heavy atom. The zero-order valence-electron chi connectivity index (χ0n) is 16.8. The lowest BCUT2D eigenvalue weighted by Gasteiger charge is -2.20. The summed E-state index contributed by atoms with van der Waals surface area (Å²) in [6.07, 6.45) is 0. The number of ether oxygens (including phenoxy) is 2. The van der Waals surface area contributed by atoms with E-state index in [0.717, 1.165) is 0 Å². The molecule has 160 valence electrons. The second kappa shape index (κ2) is 8.13. The van der Waals surface area contributed by atoms with Gasteiger partial charge in [-0.25, -0.2) is 8.42 Å². The summed E-state index contributed by atoms with van der Waals surface area (Å²) in [6, 6.07) is 16.0. The standard InChI is InChI=1S/C22H19ClN2O5S/c1-3-25-18-6-4-5-7-21(18)30-19-10-8-14(12-16(19)22(25)26)24-31(27,28)15-9-11-20(29-2)17(23)13-15/h4-13,24H,3H2,1-2H3. The largest absolute Gasteiger partial charge is 0.495 e. The smallest absolute Gasteiger partial charge is 0.262 e. The van der Waals surface area contributed by atoms with Crippen LogP contribution in [0.3, 0.4) is 0 Å². The van der Waals surface area contributed by atoms with Gasteiger partial charge in [0, 0.05) is 12.2 Å². The normalized spacial score (nSPS) is 13.0. The number of sulfonamides is 1. The Morgan fingerprint density at radius 2 is 1.84 bits per heavy atom. The number of halogens is 1. The van der Waals surface area contributed by atoms with E-state index < -0.39 is 10.0 Å². The van der Waals surface area contributed by atoms with Crippen molar-refractivity contribution in [1.82, 2.24) is 0 Å². The van der Waals surface area contributed by atoms with E-state index in [9.17, 15) is 13.2 Å². The molecule has 0 radical (unpaired) electrons. The summed E-state index contributed by atoms with van der Waals surface area (Å²) in [4.78, 5) is 14.7. The van der Waals surface area contributed by atoms with Crippen LogP contribution in [0.4, 0.5) is 11.4 Å². The molecular formula is C22H19ClN2O5S. The van der Waals surface area contributed by atoms with E-state index >= 15 is 0 Å². The Hall–Kier alpha value is -3.23. The molecule has 1 aliphatic rings. The van der Waals surface area contributed by atoms with Gasteiger partial charge in [0.25, 0.3) is 15.9 Å². The van der Waals surface area contributed by atoms with Gasteiger partial charge in [-0.3, -0.25) is 9.52 Å². The molecule has 0 spiro atoms. The molecule has 1 heterocycles. The summed E-state index contributed by atoms with van der Waals surface area (Å²) in [5, 5.41) is 0.173. The van der Waals surface area contributed by atoms with E-state index in [1.54, 1.807) is 29.2 Å². The lowest BCUT2D eigenvalue weighted by atomic mass is 10.1. The summed E-state index contributed by atoms with van der Waals surface area (Å²) >= 11 is 6.06. The molecule has 0 saturated carbocycles. The fourth-order valence-corrected chi connectivity index (χ4v) is 4.73. The van der Waals surface area contributed by atoms with Crippen LogP contribution >= 0.6 is 11.6 Å². The van der Waals surface area contributed by atoms with Crippen molar-refractivity contribution in [2.24, 2.45) is 0 Å². The Kier molecular flexibility index (Phi) is 5.51. The van der Waals surface area contributed by atoms with E-state index in [1.165, 1.54) is 31.4 Å². The quantitative estimate of drug-likeness (QED) is 0.586. The topological polar surface area (TPSA) is 84.9 Å². The first kappa shape index (κ1) is 21.0. The fraction of sp³-hybridized carbons (Fsp3) is 0.136. The first-order valence-electron chi connectivity index (χ1n) is 9.43. The number of nitrogens with one attached hydrogen (secondary N) is 1. The molecule has 31 heavy (non-hydrogen) atoms. The zero-order chi connectivity index (χ0) is 22.2. The Bertz CT molecular complexity index is 1280. The van der Waals surface area contributed by atoms with Gasteiger partial charge >= 0.3 is 0 Å². The number of anilines is 2. The van der Waals surface area contributed by atoms with Crippen LogP contribution < -0.4 is 19.1 Å². The molecule has 0 fully saturated rings. The number of amides is 1. The molecule has 0 aromatic heterocycles.